The van der Waals surface area contributed by atoms with Crippen molar-refractivity contribution in [2.45, 2.75) is 19.8 Å². The molecule has 0 N–H and O–H groups in total. The molecule has 32 heavy (non-hydrogen) atoms. The van der Waals surface area contributed by atoms with Gasteiger partial charge in [-0.05, 0) is 40.3 Å². The van der Waals surface area contributed by atoms with Crippen LogP contribution in [0, 0.1) is 0 Å². The third-order valence-corrected chi connectivity index (χ3v) is 5.87. The Hall–Kier alpha value is -3.91. The van der Waals surface area contributed by atoms with Crippen LogP contribution >= 0.6 is 0 Å². The highest BCUT2D eigenvalue weighted by atomic mass is 15.1. The number of rotatable bonds is 5. The minimum absolute atomic E-state index is 0.349. The van der Waals surface area contributed by atoms with Gasteiger partial charge in [-0.1, -0.05) is 105 Å². The molecular formula is C30H26N2. The van der Waals surface area contributed by atoms with Crippen LogP contribution in [0.25, 0.3) is 39.3 Å². The second-order valence-corrected chi connectivity index (χ2v) is 8.34. The van der Waals surface area contributed by atoms with Gasteiger partial charge >= 0.3 is 0 Å². The Kier molecular flexibility index (Phi) is 5.43. The summed E-state index contributed by atoms with van der Waals surface area (Å²) in [5, 5.41) is 0. The van der Waals surface area contributed by atoms with Crippen molar-refractivity contribution in [2.24, 2.45) is 0 Å². The van der Waals surface area contributed by atoms with Crippen molar-refractivity contribution >= 4 is 0 Å². The number of imidazole rings is 1. The van der Waals surface area contributed by atoms with Crippen LogP contribution in [0.1, 0.15) is 25.3 Å². The minimum atomic E-state index is 0.349. The van der Waals surface area contributed by atoms with E-state index in [1.807, 2.05) is 12.3 Å². The van der Waals surface area contributed by atoms with Crippen molar-refractivity contribution in [3.63, 3.8) is 0 Å². The predicted molar refractivity (Wildman–Crippen MR) is 134 cm³/mol. The van der Waals surface area contributed by atoms with Gasteiger partial charge in [-0.3, -0.25) is 4.57 Å². The largest absolute Gasteiger partial charge is 0.299 e. The summed E-state index contributed by atoms with van der Waals surface area (Å²) in [7, 11) is 0. The molecule has 0 bridgehead atoms. The highest BCUT2D eigenvalue weighted by Crippen LogP contribution is 2.39. The summed E-state index contributed by atoms with van der Waals surface area (Å²) in [6.07, 6.45) is 3.98. The van der Waals surface area contributed by atoms with Crippen molar-refractivity contribution in [1.29, 1.82) is 0 Å². The zero-order chi connectivity index (χ0) is 21.9. The van der Waals surface area contributed by atoms with Gasteiger partial charge in [0.15, 0.2) is 0 Å². The molecule has 0 atom stereocenters. The minimum Gasteiger partial charge on any atom is -0.299 e. The van der Waals surface area contributed by atoms with Gasteiger partial charge in [0, 0.05) is 23.5 Å². The third kappa shape index (κ3) is 3.76. The Labute approximate surface area is 189 Å². The molecule has 2 heteroatoms. The van der Waals surface area contributed by atoms with E-state index in [1.165, 1.54) is 33.5 Å². The second kappa shape index (κ2) is 8.68. The van der Waals surface area contributed by atoms with Crippen molar-refractivity contribution in [2.75, 3.05) is 0 Å². The lowest BCUT2D eigenvalue weighted by Crippen LogP contribution is -2.06. The summed E-state index contributed by atoms with van der Waals surface area (Å²) in [4.78, 5) is 4.74. The molecule has 0 aliphatic rings. The van der Waals surface area contributed by atoms with Crippen LogP contribution in [-0.4, -0.2) is 9.55 Å². The van der Waals surface area contributed by atoms with E-state index >= 15 is 0 Å². The van der Waals surface area contributed by atoms with Gasteiger partial charge in [-0.25, -0.2) is 4.98 Å². The molecule has 0 spiro atoms. The highest BCUT2D eigenvalue weighted by Gasteiger charge is 2.20. The smallest absolute Gasteiger partial charge is 0.144 e. The van der Waals surface area contributed by atoms with Crippen LogP contribution < -0.4 is 0 Å². The first-order chi connectivity index (χ1) is 15.7. The fourth-order valence-corrected chi connectivity index (χ4v) is 4.29. The van der Waals surface area contributed by atoms with E-state index in [1.54, 1.807) is 0 Å². The second-order valence-electron chi connectivity index (χ2n) is 8.34. The Morgan fingerprint density at radius 2 is 1.19 bits per heavy atom. The lowest BCUT2D eigenvalue weighted by atomic mass is 9.89. The van der Waals surface area contributed by atoms with Crippen molar-refractivity contribution in [3.8, 4) is 39.3 Å². The lowest BCUT2D eigenvalue weighted by molar-refractivity contribution is 0.848. The van der Waals surface area contributed by atoms with Gasteiger partial charge in [0.25, 0.3) is 0 Å². The summed E-state index contributed by atoms with van der Waals surface area (Å²) >= 11 is 0. The van der Waals surface area contributed by atoms with Gasteiger partial charge in [0.2, 0.25) is 0 Å². The zero-order valence-corrected chi connectivity index (χ0v) is 18.4. The summed E-state index contributed by atoms with van der Waals surface area (Å²) in [6, 6.07) is 36.4. The van der Waals surface area contributed by atoms with Crippen LogP contribution in [0.4, 0.5) is 0 Å². The molecule has 1 heterocycles. The van der Waals surface area contributed by atoms with Crippen molar-refractivity contribution < 1.29 is 0 Å². The normalized spacial score (nSPS) is 11.1. The fraction of sp³-hybridized carbons (Fsp3) is 0.100. The Morgan fingerprint density at radius 3 is 1.78 bits per heavy atom. The molecule has 156 valence electrons. The average Bonchev–Trinajstić information content (AvgIpc) is 3.34. The molecule has 0 amide bonds. The number of aromatic nitrogens is 2. The number of hydrogen-bond acceptors (Lipinski definition) is 1. The molecule has 2 nitrogen and oxygen atoms in total. The van der Waals surface area contributed by atoms with Gasteiger partial charge in [0.05, 0.1) is 5.69 Å². The summed E-state index contributed by atoms with van der Waals surface area (Å²) < 4.78 is 2.25. The first-order valence-electron chi connectivity index (χ1n) is 11.1. The molecule has 1 aromatic heterocycles. The number of hydrogen-bond donors (Lipinski definition) is 0. The predicted octanol–water partition coefficient (Wildman–Crippen LogP) is 8.00. The van der Waals surface area contributed by atoms with Crippen molar-refractivity contribution in [3.05, 3.63) is 121 Å². The Bertz CT molecular complexity index is 1320. The van der Waals surface area contributed by atoms with E-state index in [9.17, 15) is 0 Å². The average molecular weight is 415 g/mol. The van der Waals surface area contributed by atoms with E-state index in [-0.39, 0.29) is 0 Å². The van der Waals surface area contributed by atoms with Gasteiger partial charge in [0.1, 0.15) is 5.82 Å². The van der Waals surface area contributed by atoms with Crippen LogP contribution in [0.15, 0.2) is 116 Å². The maximum atomic E-state index is 4.74. The molecule has 4 aromatic carbocycles. The molecule has 0 radical (unpaired) electrons. The molecular weight excluding hydrogens is 388 g/mol. The van der Waals surface area contributed by atoms with Crippen LogP contribution in [0.5, 0.6) is 0 Å². The number of benzene rings is 4. The van der Waals surface area contributed by atoms with Crippen LogP contribution in [-0.2, 0) is 0 Å². The highest BCUT2D eigenvalue weighted by molar-refractivity contribution is 5.83. The maximum Gasteiger partial charge on any atom is 0.144 e. The molecule has 0 saturated heterocycles. The van der Waals surface area contributed by atoms with Crippen molar-refractivity contribution in [1.82, 2.24) is 9.55 Å². The molecule has 0 aliphatic heterocycles. The van der Waals surface area contributed by atoms with E-state index in [0.29, 0.717) is 5.92 Å². The standard InChI is InChI=1S/C30H26N2/c1-22(2)27-20-26(23-12-6-3-7-13-23)21-28(24-14-8-4-9-15-24)29(27)32-19-18-31-30(32)25-16-10-5-11-17-25/h3-22H,1-2H3. The Morgan fingerprint density at radius 1 is 0.625 bits per heavy atom. The van der Waals surface area contributed by atoms with E-state index in [2.05, 4.69) is 122 Å². The van der Waals surface area contributed by atoms with E-state index in [0.717, 1.165) is 11.4 Å². The first kappa shape index (κ1) is 20.0. The van der Waals surface area contributed by atoms with Gasteiger partial charge < -0.3 is 0 Å². The van der Waals surface area contributed by atoms with Crippen LogP contribution in [0.3, 0.4) is 0 Å². The monoisotopic (exact) mass is 414 g/mol. The van der Waals surface area contributed by atoms with E-state index in [4.69, 9.17) is 4.98 Å². The molecule has 5 rings (SSSR count). The molecule has 0 saturated carbocycles. The Balaban J connectivity index is 1.82. The molecule has 5 aromatic rings. The lowest BCUT2D eigenvalue weighted by Gasteiger charge is -2.22. The summed E-state index contributed by atoms with van der Waals surface area (Å²) in [6.45, 7) is 4.53. The van der Waals surface area contributed by atoms with Gasteiger partial charge in [-0.15, -0.1) is 0 Å². The molecule has 0 fully saturated rings. The third-order valence-electron chi connectivity index (χ3n) is 5.87. The van der Waals surface area contributed by atoms with Crippen LogP contribution in [0.2, 0.25) is 0 Å². The fourth-order valence-electron chi connectivity index (χ4n) is 4.29. The van der Waals surface area contributed by atoms with Gasteiger partial charge in [-0.2, -0.15) is 0 Å². The first-order valence-corrected chi connectivity index (χ1v) is 11.1. The van der Waals surface area contributed by atoms with E-state index < -0.39 is 0 Å². The molecule has 0 unspecified atom stereocenters. The zero-order valence-electron chi connectivity index (χ0n) is 18.4. The SMILES string of the molecule is CC(C)c1cc(-c2ccccc2)cc(-c2ccccc2)c1-n1ccnc1-c1ccccc1. The quantitative estimate of drug-likeness (QED) is 0.285. The summed E-state index contributed by atoms with van der Waals surface area (Å²) in [5.74, 6) is 1.30. The summed E-state index contributed by atoms with van der Waals surface area (Å²) in [5.41, 5.74) is 8.49. The maximum absolute atomic E-state index is 4.74. The topological polar surface area (TPSA) is 17.8 Å². The number of nitrogens with zero attached hydrogens (tertiary/aromatic N) is 2. The molecule has 0 aliphatic carbocycles.